The second kappa shape index (κ2) is 7.46. The number of carbonyl (C=O) groups is 1. The molecule has 122 valence electrons. The summed E-state index contributed by atoms with van der Waals surface area (Å²) in [4.78, 5) is 16.1. The van der Waals surface area contributed by atoms with Crippen molar-refractivity contribution in [2.45, 2.75) is 6.92 Å². The Labute approximate surface area is 140 Å². The Kier molecular flexibility index (Phi) is 4.91. The highest BCUT2D eigenvalue weighted by Gasteiger charge is 2.05. The predicted molar refractivity (Wildman–Crippen MR) is 92.6 cm³/mol. The minimum atomic E-state index is -0.111. The number of amides is 1. The van der Waals surface area contributed by atoms with Gasteiger partial charge in [0.25, 0.3) is 5.91 Å². The largest absolute Gasteiger partial charge is 0.492 e. The molecule has 0 bridgehead atoms. The van der Waals surface area contributed by atoms with Crippen molar-refractivity contribution in [3.8, 4) is 11.4 Å². The van der Waals surface area contributed by atoms with Crippen molar-refractivity contribution in [2.75, 3.05) is 13.2 Å². The Morgan fingerprint density at radius 2 is 2.04 bits per heavy atom. The molecule has 2 aromatic carbocycles. The molecule has 24 heavy (non-hydrogen) atoms. The normalized spacial score (nSPS) is 10.4. The molecular weight excluding hydrogens is 302 g/mol. The van der Waals surface area contributed by atoms with Crippen molar-refractivity contribution in [2.24, 2.45) is 0 Å². The number of aryl methyl sites for hydroxylation is 1. The molecule has 0 aliphatic rings. The number of ether oxygens (including phenoxy) is 1. The van der Waals surface area contributed by atoms with E-state index in [1.165, 1.54) is 0 Å². The fourth-order valence-corrected chi connectivity index (χ4v) is 2.34. The van der Waals surface area contributed by atoms with Crippen LogP contribution in [0.4, 0.5) is 0 Å². The molecular formula is C19H19N3O2. The third-order valence-corrected chi connectivity index (χ3v) is 3.58. The summed E-state index contributed by atoms with van der Waals surface area (Å²) in [5, 5.41) is 2.85. The number of nitrogens with zero attached hydrogens (tertiary/aromatic N) is 2. The van der Waals surface area contributed by atoms with E-state index in [2.05, 4.69) is 10.3 Å². The van der Waals surface area contributed by atoms with Crippen LogP contribution in [0.25, 0.3) is 5.69 Å². The number of hydrogen-bond acceptors (Lipinski definition) is 3. The van der Waals surface area contributed by atoms with Gasteiger partial charge < -0.3 is 14.6 Å². The zero-order chi connectivity index (χ0) is 16.8. The Morgan fingerprint density at radius 1 is 1.21 bits per heavy atom. The van der Waals surface area contributed by atoms with Gasteiger partial charge in [-0.3, -0.25) is 4.79 Å². The lowest BCUT2D eigenvalue weighted by Crippen LogP contribution is -2.28. The topological polar surface area (TPSA) is 56.1 Å². The van der Waals surface area contributed by atoms with Crippen LogP contribution >= 0.6 is 0 Å². The molecule has 0 saturated carbocycles. The molecule has 0 atom stereocenters. The summed E-state index contributed by atoms with van der Waals surface area (Å²) in [6.45, 7) is 2.90. The second-order valence-corrected chi connectivity index (χ2v) is 5.44. The summed E-state index contributed by atoms with van der Waals surface area (Å²) < 4.78 is 7.50. The van der Waals surface area contributed by atoms with Gasteiger partial charge in [-0.15, -0.1) is 0 Å². The van der Waals surface area contributed by atoms with E-state index < -0.39 is 0 Å². The summed E-state index contributed by atoms with van der Waals surface area (Å²) in [6.07, 6.45) is 5.30. The standard InChI is InChI=1S/C19H19N3O2/c1-15-3-2-4-18(13-15)24-12-10-21-19(23)16-5-7-17(8-6-16)22-11-9-20-14-22/h2-9,11,13-14H,10,12H2,1H3,(H,21,23). The molecule has 1 heterocycles. The number of benzene rings is 2. The maximum Gasteiger partial charge on any atom is 0.251 e. The first-order chi connectivity index (χ1) is 11.7. The van der Waals surface area contributed by atoms with E-state index in [1.807, 2.05) is 54.1 Å². The van der Waals surface area contributed by atoms with Gasteiger partial charge >= 0.3 is 0 Å². The monoisotopic (exact) mass is 321 g/mol. The van der Waals surface area contributed by atoms with E-state index in [4.69, 9.17) is 4.74 Å². The number of hydrogen-bond donors (Lipinski definition) is 1. The molecule has 1 N–H and O–H groups in total. The van der Waals surface area contributed by atoms with Gasteiger partial charge in [0.1, 0.15) is 12.4 Å². The van der Waals surface area contributed by atoms with E-state index >= 15 is 0 Å². The van der Waals surface area contributed by atoms with E-state index in [-0.39, 0.29) is 5.91 Å². The van der Waals surface area contributed by atoms with Crippen LogP contribution in [-0.4, -0.2) is 28.6 Å². The summed E-state index contributed by atoms with van der Waals surface area (Å²) in [5.74, 6) is 0.703. The van der Waals surface area contributed by atoms with Crippen LogP contribution in [0.3, 0.4) is 0 Å². The third-order valence-electron chi connectivity index (χ3n) is 3.58. The fourth-order valence-electron chi connectivity index (χ4n) is 2.34. The van der Waals surface area contributed by atoms with Crippen LogP contribution < -0.4 is 10.1 Å². The molecule has 0 aliphatic carbocycles. The number of nitrogens with one attached hydrogen (secondary N) is 1. The van der Waals surface area contributed by atoms with Crippen LogP contribution in [0.15, 0.2) is 67.3 Å². The molecule has 0 saturated heterocycles. The van der Waals surface area contributed by atoms with Gasteiger partial charge in [-0.2, -0.15) is 0 Å². The van der Waals surface area contributed by atoms with Gasteiger partial charge in [0.15, 0.2) is 0 Å². The average molecular weight is 321 g/mol. The molecule has 0 fully saturated rings. The molecule has 0 radical (unpaired) electrons. The molecule has 3 rings (SSSR count). The van der Waals surface area contributed by atoms with Crippen molar-refractivity contribution >= 4 is 5.91 Å². The van der Waals surface area contributed by atoms with Gasteiger partial charge in [-0.25, -0.2) is 4.98 Å². The molecule has 3 aromatic rings. The lowest BCUT2D eigenvalue weighted by atomic mass is 10.2. The molecule has 1 aromatic heterocycles. The summed E-state index contributed by atoms with van der Waals surface area (Å²) in [7, 11) is 0. The number of rotatable bonds is 6. The molecule has 5 nitrogen and oxygen atoms in total. The van der Waals surface area contributed by atoms with Crippen molar-refractivity contribution in [3.63, 3.8) is 0 Å². The van der Waals surface area contributed by atoms with Crippen LogP contribution in [0, 0.1) is 6.92 Å². The highest BCUT2D eigenvalue weighted by atomic mass is 16.5. The zero-order valence-electron chi connectivity index (χ0n) is 13.5. The quantitative estimate of drug-likeness (QED) is 0.710. The van der Waals surface area contributed by atoms with Crippen LogP contribution in [0.2, 0.25) is 0 Å². The minimum absolute atomic E-state index is 0.111. The fraction of sp³-hybridized carbons (Fsp3) is 0.158. The van der Waals surface area contributed by atoms with Gasteiger partial charge in [-0.05, 0) is 48.9 Å². The minimum Gasteiger partial charge on any atom is -0.492 e. The van der Waals surface area contributed by atoms with E-state index in [1.54, 1.807) is 24.7 Å². The molecule has 1 amide bonds. The predicted octanol–water partition coefficient (Wildman–Crippen LogP) is 2.99. The van der Waals surface area contributed by atoms with E-state index in [9.17, 15) is 4.79 Å². The summed E-state index contributed by atoms with van der Waals surface area (Å²) in [5.41, 5.74) is 2.73. The van der Waals surface area contributed by atoms with Crippen molar-refractivity contribution in [3.05, 3.63) is 78.4 Å². The smallest absolute Gasteiger partial charge is 0.251 e. The lowest BCUT2D eigenvalue weighted by molar-refractivity contribution is 0.0947. The Morgan fingerprint density at radius 3 is 2.75 bits per heavy atom. The first kappa shape index (κ1) is 15.8. The Bertz CT molecular complexity index is 796. The number of aromatic nitrogens is 2. The molecule has 0 unspecified atom stereocenters. The zero-order valence-corrected chi connectivity index (χ0v) is 13.5. The first-order valence-corrected chi connectivity index (χ1v) is 7.78. The number of imidazole rings is 1. The van der Waals surface area contributed by atoms with E-state index in [0.29, 0.717) is 18.7 Å². The van der Waals surface area contributed by atoms with Crippen molar-refractivity contribution in [1.29, 1.82) is 0 Å². The second-order valence-electron chi connectivity index (χ2n) is 5.44. The highest BCUT2D eigenvalue weighted by Crippen LogP contribution is 2.12. The summed E-state index contributed by atoms with van der Waals surface area (Å²) in [6, 6.07) is 15.2. The summed E-state index contributed by atoms with van der Waals surface area (Å²) >= 11 is 0. The van der Waals surface area contributed by atoms with Crippen molar-refractivity contribution < 1.29 is 9.53 Å². The van der Waals surface area contributed by atoms with Crippen LogP contribution in [0.1, 0.15) is 15.9 Å². The van der Waals surface area contributed by atoms with Crippen molar-refractivity contribution in [1.82, 2.24) is 14.9 Å². The van der Waals surface area contributed by atoms with Gasteiger partial charge in [0, 0.05) is 23.6 Å². The maximum atomic E-state index is 12.1. The lowest BCUT2D eigenvalue weighted by Gasteiger charge is -2.09. The average Bonchev–Trinajstić information content (AvgIpc) is 3.13. The van der Waals surface area contributed by atoms with Crippen LogP contribution in [0.5, 0.6) is 5.75 Å². The molecule has 0 spiro atoms. The highest BCUT2D eigenvalue weighted by molar-refractivity contribution is 5.94. The molecule has 5 heteroatoms. The number of carbonyl (C=O) groups excluding carboxylic acids is 1. The SMILES string of the molecule is Cc1cccc(OCCNC(=O)c2ccc(-n3ccnc3)cc2)c1. The van der Waals surface area contributed by atoms with Gasteiger partial charge in [0.05, 0.1) is 12.9 Å². The molecule has 0 aliphatic heterocycles. The maximum absolute atomic E-state index is 12.1. The van der Waals surface area contributed by atoms with Crippen LogP contribution in [-0.2, 0) is 0 Å². The Balaban J connectivity index is 1.48. The first-order valence-electron chi connectivity index (χ1n) is 7.78. The van der Waals surface area contributed by atoms with Gasteiger partial charge in [-0.1, -0.05) is 12.1 Å². The third kappa shape index (κ3) is 4.01. The Hall–Kier alpha value is -3.08. The van der Waals surface area contributed by atoms with Gasteiger partial charge in [0.2, 0.25) is 0 Å². The van der Waals surface area contributed by atoms with E-state index in [0.717, 1.165) is 17.0 Å².